The van der Waals surface area contributed by atoms with E-state index in [0.717, 1.165) is 17.1 Å². The molecule has 0 saturated heterocycles. The largest absolute Gasteiger partial charge is 0.493 e. The fourth-order valence-corrected chi connectivity index (χ4v) is 5.97. The molecule has 0 aliphatic rings. The van der Waals surface area contributed by atoms with Crippen molar-refractivity contribution in [3.05, 3.63) is 88.3 Å². The molecule has 12 heteroatoms. The number of methoxy groups -OCH3 is 1. The smallest absolute Gasteiger partial charge is 0.341 e. The molecule has 0 bridgehead atoms. The lowest BCUT2D eigenvalue weighted by Crippen LogP contribution is -2.16. The average molecular weight is 615 g/mol. The van der Waals surface area contributed by atoms with Gasteiger partial charge in [-0.2, -0.15) is 0 Å². The molecule has 41 heavy (non-hydrogen) atoms. The minimum atomic E-state index is -0.598. The number of thioether (sulfide) groups is 1. The zero-order chi connectivity index (χ0) is 29.4. The van der Waals surface area contributed by atoms with Crippen LogP contribution in [0.4, 0.5) is 9.39 Å². The molecule has 0 fully saturated rings. The molecular weight excluding hydrogens is 587 g/mol. The third kappa shape index (κ3) is 7.75. The van der Waals surface area contributed by atoms with Crippen LogP contribution in [0.25, 0.3) is 11.1 Å². The van der Waals surface area contributed by atoms with Gasteiger partial charge < -0.3 is 19.4 Å². The van der Waals surface area contributed by atoms with E-state index < -0.39 is 5.97 Å². The van der Waals surface area contributed by atoms with Crippen molar-refractivity contribution in [3.63, 3.8) is 0 Å². The molecule has 0 spiro atoms. The molecule has 4 aromatic rings. The highest BCUT2D eigenvalue weighted by molar-refractivity contribution is 7.99. The zero-order valence-electron chi connectivity index (χ0n) is 22.5. The quantitative estimate of drug-likeness (QED) is 0.0764. The number of aryl methyl sites for hydroxylation is 2. The Hall–Kier alpha value is -3.67. The number of allylic oxidation sites excluding steroid dienone is 1. The van der Waals surface area contributed by atoms with Crippen LogP contribution in [0, 0.1) is 12.7 Å². The number of nitrogens with one attached hydrogen (secondary N) is 1. The van der Waals surface area contributed by atoms with Crippen LogP contribution in [0.1, 0.15) is 28.2 Å². The fraction of sp³-hybridized carbons (Fsp3) is 0.241. The summed E-state index contributed by atoms with van der Waals surface area (Å²) in [6.07, 6.45) is 3.09. The third-order valence-corrected chi connectivity index (χ3v) is 8.06. The summed E-state index contributed by atoms with van der Waals surface area (Å²) in [5.41, 5.74) is 2.37. The van der Waals surface area contributed by atoms with E-state index in [0.29, 0.717) is 52.3 Å². The van der Waals surface area contributed by atoms with E-state index in [9.17, 15) is 14.0 Å². The Morgan fingerprint density at radius 2 is 2.00 bits per heavy atom. The molecule has 1 amide bonds. The second-order valence-electron chi connectivity index (χ2n) is 8.85. The van der Waals surface area contributed by atoms with Gasteiger partial charge in [-0.1, -0.05) is 41.6 Å². The Morgan fingerprint density at radius 3 is 2.71 bits per heavy atom. The zero-order valence-corrected chi connectivity index (χ0v) is 24.9. The van der Waals surface area contributed by atoms with Crippen LogP contribution in [0.15, 0.2) is 65.7 Å². The molecule has 0 saturated carbocycles. The van der Waals surface area contributed by atoms with Crippen LogP contribution < -0.4 is 10.1 Å². The number of aromatic nitrogens is 3. The number of thiophene rings is 1. The van der Waals surface area contributed by atoms with Crippen molar-refractivity contribution in [1.82, 2.24) is 14.8 Å². The van der Waals surface area contributed by atoms with Crippen molar-refractivity contribution < 1.29 is 23.5 Å². The number of hydrogen-bond acceptors (Lipinski definition) is 8. The Labute approximate surface area is 250 Å². The average Bonchev–Trinajstić information content (AvgIpc) is 3.55. The third-order valence-electron chi connectivity index (χ3n) is 5.97. The first kappa shape index (κ1) is 30.3. The molecule has 0 unspecified atom stereocenters. The molecule has 0 atom stereocenters. The number of esters is 1. The summed E-state index contributed by atoms with van der Waals surface area (Å²) in [4.78, 5) is 25.4. The minimum absolute atomic E-state index is 0.0403. The van der Waals surface area contributed by atoms with Gasteiger partial charge in [0, 0.05) is 28.9 Å². The highest BCUT2D eigenvalue weighted by atomic mass is 35.5. The number of rotatable bonds is 13. The lowest BCUT2D eigenvalue weighted by molar-refractivity contribution is -0.113. The number of ether oxygens (including phenoxy) is 2. The van der Waals surface area contributed by atoms with Crippen LogP contribution in [0.2, 0.25) is 5.02 Å². The monoisotopic (exact) mass is 614 g/mol. The summed E-state index contributed by atoms with van der Waals surface area (Å²) in [5.74, 6) is 0.282. The summed E-state index contributed by atoms with van der Waals surface area (Å²) < 4.78 is 26.1. The number of anilines is 1. The SMILES string of the molecule is C=CCn1c(CCCOc2ccc(Cl)cc2C)nnc1SCC(=O)Nc1scc(-c2ccc(F)cc2)c1C(=O)OC. The molecular formula is C29H28ClFN4O4S2. The molecule has 0 radical (unpaired) electrons. The number of halogens is 2. The van der Waals surface area contributed by atoms with Crippen molar-refractivity contribution in [3.8, 4) is 16.9 Å². The number of benzene rings is 2. The van der Waals surface area contributed by atoms with Crippen LogP contribution in [-0.4, -0.2) is 46.1 Å². The minimum Gasteiger partial charge on any atom is -0.493 e. The fourth-order valence-electron chi connectivity index (χ4n) is 4.00. The topological polar surface area (TPSA) is 95.3 Å². The van der Waals surface area contributed by atoms with E-state index in [4.69, 9.17) is 21.1 Å². The highest BCUT2D eigenvalue weighted by Crippen LogP contribution is 2.36. The summed E-state index contributed by atoms with van der Waals surface area (Å²) in [7, 11) is 1.27. The second-order valence-corrected chi connectivity index (χ2v) is 11.1. The molecule has 2 heterocycles. The number of amides is 1. The summed E-state index contributed by atoms with van der Waals surface area (Å²) in [6, 6.07) is 11.3. The Bertz CT molecular complexity index is 1540. The molecule has 4 rings (SSSR count). The first-order valence-corrected chi connectivity index (χ1v) is 14.8. The van der Waals surface area contributed by atoms with Gasteiger partial charge in [-0.3, -0.25) is 4.79 Å². The van der Waals surface area contributed by atoms with E-state index in [2.05, 4.69) is 22.1 Å². The van der Waals surface area contributed by atoms with Gasteiger partial charge >= 0.3 is 5.97 Å². The molecule has 0 aliphatic carbocycles. The normalized spacial score (nSPS) is 10.8. The summed E-state index contributed by atoms with van der Waals surface area (Å²) in [6.45, 7) is 6.76. The van der Waals surface area contributed by atoms with Crippen molar-refractivity contribution in [2.75, 3.05) is 24.8 Å². The standard InChI is InChI=1S/C29H28ClFN4O4S2/c1-4-13-35-24(6-5-14-39-23-12-9-20(30)15-18(23)2)33-34-29(35)41-17-25(36)32-27-26(28(37)38-3)22(16-40-27)19-7-10-21(31)11-8-19/h4,7-12,15-16H,1,5-6,13-14,17H2,2-3H3,(H,32,36). The molecule has 1 N–H and O–H groups in total. The summed E-state index contributed by atoms with van der Waals surface area (Å²) in [5, 5.41) is 14.7. The van der Waals surface area contributed by atoms with Gasteiger partial charge in [0.1, 0.15) is 28.0 Å². The van der Waals surface area contributed by atoms with Crippen molar-refractivity contribution in [1.29, 1.82) is 0 Å². The van der Waals surface area contributed by atoms with E-state index >= 15 is 0 Å². The predicted octanol–water partition coefficient (Wildman–Crippen LogP) is 6.82. The lowest BCUT2D eigenvalue weighted by Gasteiger charge is -2.10. The predicted molar refractivity (Wildman–Crippen MR) is 161 cm³/mol. The maximum atomic E-state index is 13.4. The van der Waals surface area contributed by atoms with Gasteiger partial charge in [0.05, 0.1) is 19.5 Å². The maximum absolute atomic E-state index is 13.4. The Kier molecular flexibility index (Phi) is 10.6. The molecule has 2 aromatic carbocycles. The van der Waals surface area contributed by atoms with Crippen LogP contribution in [0.3, 0.4) is 0 Å². The molecule has 8 nitrogen and oxygen atoms in total. The number of carbonyl (C=O) groups excluding carboxylic acids is 2. The van der Waals surface area contributed by atoms with E-state index in [1.54, 1.807) is 29.7 Å². The van der Waals surface area contributed by atoms with Crippen LogP contribution in [0.5, 0.6) is 5.75 Å². The number of hydrogen-bond donors (Lipinski definition) is 1. The van der Waals surface area contributed by atoms with Gasteiger partial charge in [0.25, 0.3) is 0 Å². The first-order valence-electron chi connectivity index (χ1n) is 12.6. The van der Waals surface area contributed by atoms with Gasteiger partial charge in [0.2, 0.25) is 5.91 Å². The van der Waals surface area contributed by atoms with E-state index in [1.165, 1.54) is 42.3 Å². The van der Waals surface area contributed by atoms with E-state index in [1.807, 2.05) is 23.6 Å². The Morgan fingerprint density at radius 1 is 1.22 bits per heavy atom. The maximum Gasteiger partial charge on any atom is 0.341 e. The van der Waals surface area contributed by atoms with Gasteiger partial charge in [-0.25, -0.2) is 9.18 Å². The van der Waals surface area contributed by atoms with Gasteiger partial charge in [-0.05, 0) is 54.8 Å². The first-order chi connectivity index (χ1) is 19.8. The molecule has 214 valence electrons. The molecule has 0 aliphatic heterocycles. The van der Waals surface area contributed by atoms with Crippen LogP contribution in [-0.2, 0) is 22.5 Å². The van der Waals surface area contributed by atoms with Crippen molar-refractivity contribution in [2.45, 2.75) is 31.5 Å². The van der Waals surface area contributed by atoms with Crippen molar-refractivity contribution >= 4 is 51.6 Å². The lowest BCUT2D eigenvalue weighted by atomic mass is 10.0. The van der Waals surface area contributed by atoms with Crippen LogP contribution >= 0.6 is 34.7 Å². The Balaban J connectivity index is 1.37. The highest BCUT2D eigenvalue weighted by Gasteiger charge is 2.23. The number of nitrogens with zero attached hydrogens (tertiary/aromatic N) is 3. The van der Waals surface area contributed by atoms with E-state index in [-0.39, 0.29) is 23.0 Å². The van der Waals surface area contributed by atoms with Gasteiger partial charge in [0.15, 0.2) is 5.16 Å². The summed E-state index contributed by atoms with van der Waals surface area (Å²) >= 11 is 8.44. The molecule has 2 aromatic heterocycles. The number of carbonyl (C=O) groups is 2. The van der Waals surface area contributed by atoms with Gasteiger partial charge in [-0.15, -0.1) is 28.1 Å². The second kappa shape index (κ2) is 14.3. The van der Waals surface area contributed by atoms with Crippen molar-refractivity contribution in [2.24, 2.45) is 0 Å².